The number of ether oxygens (including phenoxy) is 1. The van der Waals surface area contributed by atoms with Crippen LogP contribution in [0.4, 0.5) is 0 Å². The van der Waals surface area contributed by atoms with Crippen LogP contribution in [0.2, 0.25) is 0 Å². The third-order valence-electron chi connectivity index (χ3n) is 2.76. The summed E-state index contributed by atoms with van der Waals surface area (Å²) in [6.45, 7) is 2.63. The van der Waals surface area contributed by atoms with E-state index in [0.29, 0.717) is 6.61 Å². The molecular formula is C17H18O. The van der Waals surface area contributed by atoms with Crippen molar-refractivity contribution in [3.63, 3.8) is 0 Å². The molecule has 0 aromatic heterocycles. The maximum atomic E-state index is 5.56. The van der Waals surface area contributed by atoms with E-state index >= 15 is 0 Å². The lowest BCUT2D eigenvalue weighted by Crippen LogP contribution is -1.93. The molecule has 0 aliphatic carbocycles. The number of rotatable bonds is 5. The van der Waals surface area contributed by atoms with E-state index in [4.69, 9.17) is 4.74 Å². The summed E-state index contributed by atoms with van der Waals surface area (Å²) in [6.07, 6.45) is 4.96. The molecule has 1 nitrogen and oxygen atoms in total. The second-order valence-electron chi connectivity index (χ2n) is 4.19. The Hall–Kier alpha value is -2.02. The molecule has 2 rings (SSSR count). The Labute approximate surface area is 109 Å². The smallest absolute Gasteiger partial charge is 0.119 e. The average Bonchev–Trinajstić information content (AvgIpc) is 2.42. The van der Waals surface area contributed by atoms with Gasteiger partial charge in [0.1, 0.15) is 12.4 Å². The molecule has 18 heavy (non-hydrogen) atoms. The topological polar surface area (TPSA) is 9.23 Å². The first-order valence-corrected chi connectivity index (χ1v) is 6.25. The van der Waals surface area contributed by atoms with Gasteiger partial charge >= 0.3 is 0 Å². The molecule has 0 N–H and O–H groups in total. The predicted octanol–water partition coefficient (Wildman–Crippen LogP) is 4.23. The van der Waals surface area contributed by atoms with E-state index in [-0.39, 0.29) is 0 Å². The summed E-state index contributed by atoms with van der Waals surface area (Å²) in [5.41, 5.74) is 2.64. The van der Waals surface area contributed by atoms with Gasteiger partial charge in [0.25, 0.3) is 0 Å². The Balaban J connectivity index is 1.95. The summed E-state index contributed by atoms with van der Waals surface area (Å²) < 4.78 is 5.56. The molecule has 0 radical (unpaired) electrons. The average molecular weight is 238 g/mol. The minimum atomic E-state index is 0.633. The van der Waals surface area contributed by atoms with Gasteiger partial charge in [-0.15, -0.1) is 0 Å². The van der Waals surface area contributed by atoms with E-state index in [1.807, 2.05) is 37.3 Å². The van der Waals surface area contributed by atoms with Crippen molar-refractivity contribution in [1.82, 2.24) is 0 Å². The first-order valence-electron chi connectivity index (χ1n) is 6.25. The lowest BCUT2D eigenvalue weighted by atomic mass is 10.1. The second kappa shape index (κ2) is 6.65. The van der Waals surface area contributed by atoms with Crippen LogP contribution >= 0.6 is 0 Å². The lowest BCUT2D eigenvalue weighted by molar-refractivity contribution is 0.362. The number of allylic oxidation sites excluding steroid dienone is 1. The van der Waals surface area contributed by atoms with Crippen molar-refractivity contribution in [2.45, 2.75) is 13.3 Å². The van der Waals surface area contributed by atoms with Gasteiger partial charge in [0.15, 0.2) is 0 Å². The Kier molecular flexibility index (Phi) is 4.60. The van der Waals surface area contributed by atoms with Gasteiger partial charge in [0.2, 0.25) is 0 Å². The first kappa shape index (κ1) is 12.4. The largest absolute Gasteiger partial charge is 0.490 e. The Morgan fingerprint density at radius 1 is 0.889 bits per heavy atom. The quantitative estimate of drug-likeness (QED) is 0.708. The molecule has 0 saturated carbocycles. The molecule has 0 atom stereocenters. The van der Waals surface area contributed by atoms with Gasteiger partial charge in [-0.25, -0.2) is 0 Å². The van der Waals surface area contributed by atoms with Crippen LogP contribution in [0.1, 0.15) is 18.1 Å². The second-order valence-corrected chi connectivity index (χ2v) is 4.19. The van der Waals surface area contributed by atoms with E-state index in [9.17, 15) is 0 Å². The van der Waals surface area contributed by atoms with Crippen LogP contribution in [0.5, 0.6) is 5.75 Å². The minimum absolute atomic E-state index is 0.633. The molecule has 2 aromatic rings. The fraction of sp³-hybridized carbons (Fsp3) is 0.176. The Morgan fingerprint density at radius 3 is 2.22 bits per heavy atom. The molecule has 0 amide bonds. The fourth-order valence-corrected chi connectivity index (χ4v) is 1.78. The van der Waals surface area contributed by atoms with Crippen LogP contribution in [-0.4, -0.2) is 6.61 Å². The highest BCUT2D eigenvalue weighted by Gasteiger charge is 1.97. The highest BCUT2D eigenvalue weighted by molar-refractivity contribution is 5.31. The number of hydrogen-bond donors (Lipinski definition) is 0. The molecule has 92 valence electrons. The van der Waals surface area contributed by atoms with Crippen molar-refractivity contribution in [2.75, 3.05) is 6.61 Å². The third kappa shape index (κ3) is 3.77. The zero-order chi connectivity index (χ0) is 12.6. The van der Waals surface area contributed by atoms with Crippen LogP contribution in [0, 0.1) is 0 Å². The molecule has 0 bridgehead atoms. The lowest BCUT2D eigenvalue weighted by Gasteiger charge is -2.05. The highest BCUT2D eigenvalue weighted by atomic mass is 16.5. The molecule has 0 spiro atoms. The predicted molar refractivity (Wildman–Crippen MR) is 76.0 cm³/mol. The SMILES string of the molecule is CC=CCOc1ccc(Cc2ccccc2)cc1. The van der Waals surface area contributed by atoms with Crippen molar-refractivity contribution in [3.8, 4) is 5.75 Å². The van der Waals surface area contributed by atoms with Gasteiger partial charge in [0.05, 0.1) is 0 Å². The Morgan fingerprint density at radius 2 is 1.56 bits per heavy atom. The monoisotopic (exact) mass is 238 g/mol. The van der Waals surface area contributed by atoms with Crippen LogP contribution in [0.15, 0.2) is 66.7 Å². The van der Waals surface area contributed by atoms with E-state index in [1.54, 1.807) is 0 Å². The van der Waals surface area contributed by atoms with Crippen LogP contribution < -0.4 is 4.74 Å². The summed E-state index contributed by atoms with van der Waals surface area (Å²) in [4.78, 5) is 0. The zero-order valence-electron chi connectivity index (χ0n) is 10.7. The van der Waals surface area contributed by atoms with Gasteiger partial charge in [-0.2, -0.15) is 0 Å². The summed E-state index contributed by atoms with van der Waals surface area (Å²) >= 11 is 0. The molecule has 2 aromatic carbocycles. The zero-order valence-corrected chi connectivity index (χ0v) is 10.7. The van der Waals surface area contributed by atoms with Crippen LogP contribution in [-0.2, 0) is 6.42 Å². The number of benzene rings is 2. The molecule has 0 saturated heterocycles. The maximum absolute atomic E-state index is 5.56. The maximum Gasteiger partial charge on any atom is 0.119 e. The van der Waals surface area contributed by atoms with E-state index < -0.39 is 0 Å². The van der Waals surface area contributed by atoms with E-state index in [0.717, 1.165) is 12.2 Å². The van der Waals surface area contributed by atoms with Gasteiger partial charge in [0, 0.05) is 0 Å². The normalized spacial score (nSPS) is 10.7. The molecular weight excluding hydrogens is 220 g/mol. The standard InChI is InChI=1S/C17H18O/c1-2-3-13-18-17-11-9-16(10-12-17)14-15-7-5-4-6-8-15/h2-12H,13-14H2,1H3. The van der Waals surface area contributed by atoms with Gasteiger partial charge in [-0.3, -0.25) is 0 Å². The molecule has 0 heterocycles. The summed E-state index contributed by atoms with van der Waals surface area (Å²) in [7, 11) is 0. The highest BCUT2D eigenvalue weighted by Crippen LogP contribution is 2.15. The van der Waals surface area contributed by atoms with E-state index in [2.05, 4.69) is 36.4 Å². The molecule has 1 heteroatoms. The van der Waals surface area contributed by atoms with Crippen molar-refractivity contribution in [2.24, 2.45) is 0 Å². The summed E-state index contributed by atoms with van der Waals surface area (Å²) in [6, 6.07) is 18.8. The van der Waals surface area contributed by atoms with Crippen LogP contribution in [0.3, 0.4) is 0 Å². The summed E-state index contributed by atoms with van der Waals surface area (Å²) in [5, 5.41) is 0. The van der Waals surface area contributed by atoms with Gasteiger partial charge < -0.3 is 4.74 Å². The summed E-state index contributed by atoms with van der Waals surface area (Å²) in [5.74, 6) is 0.921. The van der Waals surface area contributed by atoms with Crippen molar-refractivity contribution in [3.05, 3.63) is 77.9 Å². The molecule has 0 unspecified atom stereocenters. The first-order chi connectivity index (χ1) is 8.88. The van der Waals surface area contributed by atoms with E-state index in [1.165, 1.54) is 11.1 Å². The van der Waals surface area contributed by atoms with Gasteiger partial charge in [-0.05, 0) is 36.6 Å². The molecule has 0 aliphatic heterocycles. The van der Waals surface area contributed by atoms with Crippen molar-refractivity contribution >= 4 is 0 Å². The van der Waals surface area contributed by atoms with Gasteiger partial charge in [-0.1, -0.05) is 54.6 Å². The third-order valence-corrected chi connectivity index (χ3v) is 2.76. The Bertz CT molecular complexity index is 483. The molecule has 0 aliphatic rings. The fourth-order valence-electron chi connectivity index (χ4n) is 1.78. The van der Waals surface area contributed by atoms with Crippen molar-refractivity contribution in [1.29, 1.82) is 0 Å². The van der Waals surface area contributed by atoms with Crippen molar-refractivity contribution < 1.29 is 4.74 Å². The minimum Gasteiger partial charge on any atom is -0.490 e. The molecule has 0 fully saturated rings. The van der Waals surface area contributed by atoms with Crippen LogP contribution in [0.25, 0.3) is 0 Å². The number of hydrogen-bond acceptors (Lipinski definition) is 1.